The van der Waals surface area contributed by atoms with Crippen LogP contribution in [-0.4, -0.2) is 13.2 Å². The van der Waals surface area contributed by atoms with Gasteiger partial charge in [-0.2, -0.15) is 5.26 Å². The van der Waals surface area contributed by atoms with Crippen molar-refractivity contribution in [2.24, 2.45) is 0 Å². The Kier molecular flexibility index (Phi) is 4.09. The van der Waals surface area contributed by atoms with Crippen LogP contribution in [-0.2, 0) is 0 Å². The molecule has 0 heterocycles. The monoisotopic (exact) mass is 245 g/mol. The smallest absolute Gasteiger partial charge is 0.143 e. The van der Waals surface area contributed by atoms with Crippen LogP contribution in [0, 0.1) is 18.3 Å². The van der Waals surface area contributed by atoms with E-state index >= 15 is 0 Å². The van der Waals surface area contributed by atoms with Crippen molar-refractivity contribution in [3.63, 3.8) is 0 Å². The molecule has 0 bridgehead atoms. The fraction of sp³-hybridized carbons (Fsp3) is 0.533. The third kappa shape index (κ3) is 2.59. The van der Waals surface area contributed by atoms with Gasteiger partial charge in [-0.3, -0.25) is 0 Å². The first-order valence-corrected chi connectivity index (χ1v) is 6.50. The van der Waals surface area contributed by atoms with Crippen LogP contribution in [0.15, 0.2) is 12.1 Å². The molecule has 0 saturated heterocycles. The number of nitrogens with zero attached hydrogens (tertiary/aromatic N) is 1. The third-order valence-electron chi connectivity index (χ3n) is 3.53. The lowest BCUT2D eigenvalue weighted by Gasteiger charge is -2.24. The van der Waals surface area contributed by atoms with E-state index in [2.05, 4.69) is 6.07 Å². The minimum Gasteiger partial charge on any atom is -0.495 e. The highest BCUT2D eigenvalue weighted by molar-refractivity contribution is 5.54. The minimum absolute atomic E-state index is 0.315. The first-order valence-electron chi connectivity index (χ1n) is 6.50. The molecule has 18 heavy (non-hydrogen) atoms. The second-order valence-electron chi connectivity index (χ2n) is 4.76. The Morgan fingerprint density at radius 3 is 2.56 bits per heavy atom. The van der Waals surface area contributed by atoms with Gasteiger partial charge in [0, 0.05) is 5.56 Å². The lowest BCUT2D eigenvalue weighted by atomic mass is 9.97. The molecule has 0 atom stereocenters. The molecule has 96 valence electrons. The van der Waals surface area contributed by atoms with Gasteiger partial charge in [-0.25, -0.2) is 0 Å². The van der Waals surface area contributed by atoms with Gasteiger partial charge in [0.25, 0.3) is 0 Å². The van der Waals surface area contributed by atoms with Gasteiger partial charge in [0.1, 0.15) is 17.6 Å². The zero-order valence-corrected chi connectivity index (χ0v) is 11.0. The SMILES string of the molecule is COc1c(C#N)ccc(OC2CCCCC2)c1C. The number of methoxy groups -OCH3 is 1. The lowest BCUT2D eigenvalue weighted by molar-refractivity contribution is 0.153. The highest BCUT2D eigenvalue weighted by Crippen LogP contribution is 2.33. The molecule has 0 radical (unpaired) electrons. The van der Waals surface area contributed by atoms with Crippen molar-refractivity contribution >= 4 is 0 Å². The maximum absolute atomic E-state index is 9.02. The molecule has 0 spiro atoms. The van der Waals surface area contributed by atoms with Gasteiger partial charge < -0.3 is 9.47 Å². The summed E-state index contributed by atoms with van der Waals surface area (Å²) in [5.74, 6) is 1.48. The van der Waals surface area contributed by atoms with E-state index in [9.17, 15) is 0 Å². The molecule has 0 unspecified atom stereocenters. The van der Waals surface area contributed by atoms with E-state index < -0.39 is 0 Å². The van der Waals surface area contributed by atoms with E-state index in [0.29, 0.717) is 17.4 Å². The fourth-order valence-electron chi connectivity index (χ4n) is 2.51. The minimum atomic E-state index is 0.315. The standard InChI is InChI=1S/C15H19NO2/c1-11-14(18-13-6-4-3-5-7-13)9-8-12(10-16)15(11)17-2/h8-9,13H,3-7H2,1-2H3. The van der Waals surface area contributed by atoms with Crippen molar-refractivity contribution in [1.82, 2.24) is 0 Å². The summed E-state index contributed by atoms with van der Waals surface area (Å²) in [6.07, 6.45) is 6.38. The van der Waals surface area contributed by atoms with Crippen LogP contribution < -0.4 is 9.47 Å². The summed E-state index contributed by atoms with van der Waals surface area (Å²) in [5, 5.41) is 9.02. The largest absolute Gasteiger partial charge is 0.495 e. The summed E-state index contributed by atoms with van der Waals surface area (Å²) in [7, 11) is 1.59. The van der Waals surface area contributed by atoms with Crippen molar-refractivity contribution in [3.8, 4) is 17.6 Å². The lowest BCUT2D eigenvalue weighted by Crippen LogP contribution is -2.20. The molecule has 2 rings (SSSR count). The van der Waals surface area contributed by atoms with E-state index in [-0.39, 0.29) is 0 Å². The van der Waals surface area contributed by atoms with Gasteiger partial charge in [0.15, 0.2) is 0 Å². The van der Waals surface area contributed by atoms with E-state index in [1.165, 1.54) is 19.3 Å². The van der Waals surface area contributed by atoms with E-state index in [1.807, 2.05) is 13.0 Å². The molecular formula is C15H19NO2. The zero-order valence-electron chi connectivity index (χ0n) is 11.0. The summed E-state index contributed by atoms with van der Waals surface area (Å²) in [6.45, 7) is 1.94. The Labute approximate surface area is 108 Å². The van der Waals surface area contributed by atoms with Crippen LogP contribution in [0.1, 0.15) is 43.2 Å². The van der Waals surface area contributed by atoms with Crippen molar-refractivity contribution < 1.29 is 9.47 Å². The topological polar surface area (TPSA) is 42.2 Å². The average molecular weight is 245 g/mol. The zero-order chi connectivity index (χ0) is 13.0. The Morgan fingerprint density at radius 2 is 1.94 bits per heavy atom. The fourth-order valence-corrected chi connectivity index (χ4v) is 2.51. The summed E-state index contributed by atoms with van der Waals surface area (Å²) >= 11 is 0. The van der Waals surface area contributed by atoms with E-state index in [4.69, 9.17) is 14.7 Å². The normalized spacial score (nSPS) is 16.1. The molecule has 3 heteroatoms. The van der Waals surface area contributed by atoms with Crippen LogP contribution in [0.4, 0.5) is 0 Å². The van der Waals surface area contributed by atoms with Crippen LogP contribution in [0.3, 0.4) is 0 Å². The van der Waals surface area contributed by atoms with Gasteiger partial charge in [-0.05, 0) is 44.7 Å². The molecule has 1 aromatic rings. The van der Waals surface area contributed by atoms with Crippen LogP contribution in [0.5, 0.6) is 11.5 Å². The Hall–Kier alpha value is -1.69. The molecule has 0 aliphatic heterocycles. The van der Waals surface area contributed by atoms with Crippen LogP contribution >= 0.6 is 0 Å². The summed E-state index contributed by atoms with van der Waals surface area (Å²) < 4.78 is 11.3. The molecule has 0 amide bonds. The Morgan fingerprint density at radius 1 is 1.22 bits per heavy atom. The van der Waals surface area contributed by atoms with Crippen LogP contribution in [0.25, 0.3) is 0 Å². The molecular weight excluding hydrogens is 226 g/mol. The number of hydrogen-bond acceptors (Lipinski definition) is 3. The summed E-state index contributed by atoms with van der Waals surface area (Å²) in [5.41, 5.74) is 1.48. The predicted molar refractivity (Wildman–Crippen MR) is 69.9 cm³/mol. The molecule has 1 aromatic carbocycles. The van der Waals surface area contributed by atoms with Crippen molar-refractivity contribution in [2.75, 3.05) is 7.11 Å². The van der Waals surface area contributed by atoms with Gasteiger partial charge >= 0.3 is 0 Å². The average Bonchev–Trinajstić information content (AvgIpc) is 2.42. The Bertz CT molecular complexity index is 456. The molecule has 1 fully saturated rings. The first kappa shape index (κ1) is 12.8. The molecule has 1 aliphatic rings. The molecule has 1 saturated carbocycles. The maximum Gasteiger partial charge on any atom is 0.143 e. The quantitative estimate of drug-likeness (QED) is 0.817. The number of ether oxygens (including phenoxy) is 2. The van der Waals surface area contributed by atoms with Crippen molar-refractivity contribution in [1.29, 1.82) is 5.26 Å². The van der Waals surface area contributed by atoms with E-state index in [1.54, 1.807) is 13.2 Å². The maximum atomic E-state index is 9.02. The molecule has 0 aromatic heterocycles. The van der Waals surface area contributed by atoms with Gasteiger partial charge in [0.2, 0.25) is 0 Å². The predicted octanol–water partition coefficient (Wildman–Crippen LogP) is 3.59. The van der Waals surface area contributed by atoms with E-state index in [0.717, 1.165) is 24.2 Å². The van der Waals surface area contributed by atoms with Crippen LogP contribution in [0.2, 0.25) is 0 Å². The number of nitriles is 1. The second kappa shape index (κ2) is 5.77. The molecule has 1 aliphatic carbocycles. The Balaban J connectivity index is 2.20. The highest BCUT2D eigenvalue weighted by Gasteiger charge is 2.18. The van der Waals surface area contributed by atoms with Gasteiger partial charge in [-0.15, -0.1) is 0 Å². The van der Waals surface area contributed by atoms with Gasteiger partial charge in [-0.1, -0.05) is 6.42 Å². The third-order valence-corrected chi connectivity index (χ3v) is 3.53. The second-order valence-corrected chi connectivity index (χ2v) is 4.76. The first-order chi connectivity index (χ1) is 8.76. The van der Waals surface area contributed by atoms with Crippen molar-refractivity contribution in [3.05, 3.63) is 23.3 Å². The highest BCUT2D eigenvalue weighted by atomic mass is 16.5. The number of benzene rings is 1. The van der Waals surface area contributed by atoms with Crippen molar-refractivity contribution in [2.45, 2.75) is 45.1 Å². The summed E-state index contributed by atoms with van der Waals surface area (Å²) in [6, 6.07) is 5.79. The van der Waals surface area contributed by atoms with Gasteiger partial charge in [0.05, 0.1) is 18.8 Å². The number of hydrogen-bond donors (Lipinski definition) is 0. The molecule has 3 nitrogen and oxygen atoms in total. The molecule has 0 N–H and O–H groups in total. The number of rotatable bonds is 3. The summed E-state index contributed by atoms with van der Waals surface area (Å²) in [4.78, 5) is 0.